The minimum Gasteiger partial charge on any atom is -0.465 e. The quantitative estimate of drug-likeness (QED) is 0.582. The van der Waals surface area contributed by atoms with Crippen LogP contribution in [0.4, 0.5) is 28.7 Å². The van der Waals surface area contributed by atoms with Crippen LogP contribution >= 0.6 is 23.2 Å². The first-order chi connectivity index (χ1) is 13.4. The highest BCUT2D eigenvalue weighted by molar-refractivity contribution is 6.36. The normalized spacial score (nSPS) is 10.4. The lowest BCUT2D eigenvalue weighted by molar-refractivity contribution is 0.0601. The maximum atomic E-state index is 12.1. The van der Waals surface area contributed by atoms with Crippen molar-refractivity contribution in [2.24, 2.45) is 0 Å². The number of halogens is 2. The molecule has 0 atom stereocenters. The highest BCUT2D eigenvalue weighted by atomic mass is 35.5. The van der Waals surface area contributed by atoms with Crippen LogP contribution in [0, 0.1) is 0 Å². The van der Waals surface area contributed by atoms with Gasteiger partial charge in [-0.05, 0) is 30.3 Å². The number of hydrogen-bond donors (Lipinski definition) is 2. The summed E-state index contributed by atoms with van der Waals surface area (Å²) in [4.78, 5) is 22.2. The number of nitrogens with two attached hydrogens (primary N) is 1. The minimum atomic E-state index is -0.457. The van der Waals surface area contributed by atoms with E-state index < -0.39 is 5.97 Å². The number of carbonyl (C=O) groups is 1. The molecular weight excluding hydrogens is 401 g/mol. The molecule has 1 aromatic heterocycles. The predicted molar refractivity (Wildman–Crippen MR) is 112 cm³/mol. The van der Waals surface area contributed by atoms with Crippen LogP contribution < -0.4 is 16.0 Å². The predicted octanol–water partition coefficient (Wildman–Crippen LogP) is 4.66. The highest BCUT2D eigenvalue weighted by Crippen LogP contribution is 2.35. The molecule has 0 saturated heterocycles. The molecule has 0 fully saturated rings. The molecule has 0 aliphatic carbocycles. The summed E-state index contributed by atoms with van der Waals surface area (Å²) in [5.41, 5.74) is 8.16. The number of aromatic nitrogens is 2. The minimum absolute atomic E-state index is 0.288. The van der Waals surface area contributed by atoms with Gasteiger partial charge in [0.25, 0.3) is 0 Å². The van der Waals surface area contributed by atoms with Gasteiger partial charge in [0.05, 0.1) is 29.1 Å². The lowest BCUT2D eigenvalue weighted by atomic mass is 10.1. The molecule has 0 bridgehead atoms. The average Bonchev–Trinajstić information content (AvgIpc) is 2.70. The maximum Gasteiger partial charge on any atom is 0.339 e. The van der Waals surface area contributed by atoms with Gasteiger partial charge in [0.2, 0.25) is 0 Å². The van der Waals surface area contributed by atoms with Crippen molar-refractivity contribution in [3.63, 3.8) is 0 Å². The number of anilines is 5. The van der Waals surface area contributed by atoms with Gasteiger partial charge in [-0.15, -0.1) is 0 Å². The summed E-state index contributed by atoms with van der Waals surface area (Å²) < 4.78 is 4.85. The third kappa shape index (κ3) is 3.95. The van der Waals surface area contributed by atoms with Crippen molar-refractivity contribution in [3.8, 4) is 0 Å². The van der Waals surface area contributed by atoms with Crippen LogP contribution in [0.15, 0.2) is 48.8 Å². The number of carbonyl (C=O) groups excluding carboxylic acids is 1. The second kappa shape index (κ2) is 8.33. The van der Waals surface area contributed by atoms with Gasteiger partial charge in [-0.1, -0.05) is 35.3 Å². The smallest absolute Gasteiger partial charge is 0.339 e. The Morgan fingerprint density at radius 1 is 1.18 bits per heavy atom. The first-order valence-electron chi connectivity index (χ1n) is 8.16. The van der Waals surface area contributed by atoms with E-state index in [4.69, 9.17) is 33.7 Å². The van der Waals surface area contributed by atoms with Crippen molar-refractivity contribution in [2.45, 2.75) is 0 Å². The first-order valence-corrected chi connectivity index (χ1v) is 8.91. The summed E-state index contributed by atoms with van der Waals surface area (Å²) in [5.74, 6) is 0.330. The van der Waals surface area contributed by atoms with Crippen LogP contribution in [0.2, 0.25) is 10.0 Å². The third-order valence-electron chi connectivity index (χ3n) is 4.04. The topological polar surface area (TPSA) is 93.4 Å². The summed E-state index contributed by atoms with van der Waals surface area (Å²) in [5, 5.41) is 4.02. The Morgan fingerprint density at radius 3 is 2.64 bits per heavy atom. The number of para-hydroxylation sites is 1. The second-order valence-corrected chi connectivity index (χ2v) is 6.62. The third-order valence-corrected chi connectivity index (χ3v) is 4.58. The number of benzene rings is 2. The van der Waals surface area contributed by atoms with Crippen molar-refractivity contribution < 1.29 is 9.53 Å². The fourth-order valence-electron chi connectivity index (χ4n) is 2.63. The van der Waals surface area contributed by atoms with Crippen LogP contribution in [0.5, 0.6) is 0 Å². The van der Waals surface area contributed by atoms with Gasteiger partial charge in [-0.3, -0.25) is 0 Å². The van der Waals surface area contributed by atoms with Gasteiger partial charge in [-0.25, -0.2) is 14.8 Å². The zero-order chi connectivity index (χ0) is 20.3. The lowest BCUT2D eigenvalue weighted by Crippen LogP contribution is -2.18. The molecule has 0 radical (unpaired) electrons. The standard InChI is InChI=1S/C19H17Cl2N5O2/c1-26(15-6-4-3-5-12(15)19(27)28-2)18-16(22)17(23-10-24-18)25-14-8-7-11(20)9-13(14)21/h3-10H,22H2,1-2H3,(H,23,24,25). The molecule has 0 saturated carbocycles. The number of methoxy groups -OCH3 is 1. The molecule has 144 valence electrons. The second-order valence-electron chi connectivity index (χ2n) is 5.78. The molecule has 0 unspecified atom stereocenters. The number of nitrogens with zero attached hydrogens (tertiary/aromatic N) is 3. The molecule has 9 heteroatoms. The lowest BCUT2D eigenvalue weighted by Gasteiger charge is -2.23. The Morgan fingerprint density at radius 2 is 1.93 bits per heavy atom. The Hall–Kier alpha value is -3.03. The zero-order valence-electron chi connectivity index (χ0n) is 15.1. The van der Waals surface area contributed by atoms with E-state index in [9.17, 15) is 4.79 Å². The summed E-state index contributed by atoms with van der Waals surface area (Å²) >= 11 is 12.1. The average molecular weight is 418 g/mol. The van der Waals surface area contributed by atoms with E-state index in [1.54, 1.807) is 48.3 Å². The number of hydrogen-bond acceptors (Lipinski definition) is 7. The monoisotopic (exact) mass is 417 g/mol. The molecule has 2 aromatic carbocycles. The van der Waals surface area contributed by atoms with Gasteiger partial charge in [0.1, 0.15) is 12.0 Å². The van der Waals surface area contributed by atoms with Crippen molar-refractivity contribution in [1.29, 1.82) is 0 Å². The molecule has 0 aliphatic heterocycles. The van der Waals surface area contributed by atoms with Gasteiger partial charge >= 0.3 is 5.97 Å². The zero-order valence-corrected chi connectivity index (χ0v) is 16.6. The maximum absolute atomic E-state index is 12.1. The van der Waals surface area contributed by atoms with E-state index in [2.05, 4.69) is 15.3 Å². The van der Waals surface area contributed by atoms with Crippen LogP contribution in [-0.2, 0) is 4.74 Å². The fraction of sp³-hybridized carbons (Fsp3) is 0.105. The summed E-state index contributed by atoms with van der Waals surface area (Å²) in [7, 11) is 3.08. The van der Waals surface area contributed by atoms with E-state index in [0.717, 1.165) is 0 Å². The van der Waals surface area contributed by atoms with Crippen LogP contribution in [0.25, 0.3) is 0 Å². The number of nitrogen functional groups attached to an aromatic ring is 1. The number of nitrogens with one attached hydrogen (secondary N) is 1. The molecule has 0 spiro atoms. The largest absolute Gasteiger partial charge is 0.465 e. The van der Waals surface area contributed by atoms with Crippen molar-refractivity contribution in [1.82, 2.24) is 9.97 Å². The molecule has 7 nitrogen and oxygen atoms in total. The number of esters is 1. The Balaban J connectivity index is 1.98. The fourth-order valence-corrected chi connectivity index (χ4v) is 3.09. The molecule has 1 heterocycles. The van der Waals surface area contributed by atoms with Crippen LogP contribution in [0.3, 0.4) is 0 Å². The molecule has 3 N–H and O–H groups in total. The molecule has 3 rings (SSSR count). The molecule has 0 aliphatic rings. The van der Waals surface area contributed by atoms with Crippen LogP contribution in [-0.4, -0.2) is 30.1 Å². The van der Waals surface area contributed by atoms with Crippen molar-refractivity contribution in [3.05, 3.63) is 64.4 Å². The molecule has 3 aromatic rings. The van der Waals surface area contributed by atoms with Crippen molar-refractivity contribution in [2.75, 3.05) is 30.1 Å². The van der Waals surface area contributed by atoms with E-state index in [1.165, 1.54) is 13.4 Å². The summed E-state index contributed by atoms with van der Waals surface area (Å²) in [6.45, 7) is 0. The summed E-state index contributed by atoms with van der Waals surface area (Å²) in [6, 6.07) is 12.0. The SMILES string of the molecule is COC(=O)c1ccccc1N(C)c1ncnc(Nc2ccc(Cl)cc2Cl)c1N. The van der Waals surface area contributed by atoms with E-state index >= 15 is 0 Å². The Labute approximate surface area is 172 Å². The summed E-state index contributed by atoms with van der Waals surface area (Å²) in [6.07, 6.45) is 1.37. The molecular formula is C19H17Cl2N5O2. The van der Waals surface area contributed by atoms with Gasteiger partial charge in [-0.2, -0.15) is 0 Å². The van der Waals surface area contributed by atoms with E-state index in [1.807, 2.05) is 6.07 Å². The van der Waals surface area contributed by atoms with E-state index in [-0.39, 0.29) is 5.69 Å². The first kappa shape index (κ1) is 19.7. The van der Waals surface area contributed by atoms with Gasteiger partial charge in [0.15, 0.2) is 11.6 Å². The van der Waals surface area contributed by atoms with Gasteiger partial charge in [0, 0.05) is 12.1 Å². The van der Waals surface area contributed by atoms with E-state index in [0.29, 0.717) is 38.6 Å². The van der Waals surface area contributed by atoms with Crippen LogP contribution in [0.1, 0.15) is 10.4 Å². The molecule has 0 amide bonds. The Bertz CT molecular complexity index is 1030. The number of ether oxygens (including phenoxy) is 1. The highest BCUT2D eigenvalue weighted by Gasteiger charge is 2.19. The Kier molecular flexibility index (Phi) is 5.87. The van der Waals surface area contributed by atoms with Crippen molar-refractivity contribution >= 4 is 57.9 Å². The van der Waals surface area contributed by atoms with Gasteiger partial charge < -0.3 is 20.7 Å². The molecule has 28 heavy (non-hydrogen) atoms. The number of rotatable bonds is 5.